The third-order valence-corrected chi connectivity index (χ3v) is 3.81. The highest BCUT2D eigenvalue weighted by Crippen LogP contribution is 2.38. The summed E-state index contributed by atoms with van der Waals surface area (Å²) >= 11 is 0. The molecule has 0 radical (unpaired) electrons. The van der Waals surface area contributed by atoms with Crippen molar-refractivity contribution in [3.63, 3.8) is 0 Å². The SMILES string of the molecule is CCOC(=O)c1cn(C2CC2)c2c(F)c(F)c(C)cc2c1=O. The summed E-state index contributed by atoms with van der Waals surface area (Å²) in [5, 5.41) is 0.00820. The van der Waals surface area contributed by atoms with E-state index in [0.29, 0.717) is 0 Å². The molecule has 3 rings (SSSR count). The van der Waals surface area contributed by atoms with Gasteiger partial charge in [-0.25, -0.2) is 13.6 Å². The Labute approximate surface area is 125 Å². The fourth-order valence-electron chi connectivity index (χ4n) is 2.57. The molecule has 22 heavy (non-hydrogen) atoms. The van der Waals surface area contributed by atoms with Crippen LogP contribution in [-0.4, -0.2) is 17.1 Å². The van der Waals surface area contributed by atoms with E-state index in [9.17, 15) is 18.4 Å². The zero-order valence-corrected chi connectivity index (χ0v) is 12.3. The van der Waals surface area contributed by atoms with Crippen LogP contribution < -0.4 is 5.43 Å². The Morgan fingerprint density at radius 2 is 2.05 bits per heavy atom. The van der Waals surface area contributed by atoms with Gasteiger partial charge in [0, 0.05) is 12.2 Å². The molecule has 1 aliphatic rings. The summed E-state index contributed by atoms with van der Waals surface area (Å²) in [4.78, 5) is 24.4. The standard InChI is InChI=1S/C16H15F2NO3/c1-3-22-16(21)11-7-19(9-4-5-9)14-10(15(11)20)6-8(2)12(17)13(14)18/h6-7,9H,3-5H2,1-2H3. The fraction of sp³-hybridized carbons (Fsp3) is 0.375. The van der Waals surface area contributed by atoms with Crippen LogP contribution in [0.2, 0.25) is 0 Å². The van der Waals surface area contributed by atoms with Crippen molar-refractivity contribution < 1.29 is 18.3 Å². The number of carbonyl (C=O) groups excluding carboxylic acids is 1. The first-order chi connectivity index (χ1) is 10.5. The topological polar surface area (TPSA) is 48.3 Å². The molecule has 0 amide bonds. The highest BCUT2D eigenvalue weighted by molar-refractivity contribution is 5.94. The van der Waals surface area contributed by atoms with Gasteiger partial charge < -0.3 is 9.30 Å². The molecule has 1 fully saturated rings. The number of benzene rings is 1. The second kappa shape index (κ2) is 5.19. The smallest absolute Gasteiger partial charge is 0.343 e. The molecule has 1 aliphatic carbocycles. The zero-order valence-electron chi connectivity index (χ0n) is 12.3. The Bertz CT molecular complexity index is 838. The molecule has 1 aromatic heterocycles. The minimum Gasteiger partial charge on any atom is -0.462 e. The number of pyridine rings is 1. The van der Waals surface area contributed by atoms with Gasteiger partial charge in [-0.2, -0.15) is 0 Å². The molecule has 0 bridgehead atoms. The Balaban J connectivity index is 2.38. The fourth-order valence-corrected chi connectivity index (χ4v) is 2.57. The normalized spacial score (nSPS) is 14.4. The summed E-state index contributed by atoms with van der Waals surface area (Å²) in [5.41, 5.74) is -0.826. The Hall–Kier alpha value is -2.24. The Morgan fingerprint density at radius 1 is 1.36 bits per heavy atom. The van der Waals surface area contributed by atoms with Gasteiger partial charge in [0.2, 0.25) is 5.43 Å². The van der Waals surface area contributed by atoms with Gasteiger partial charge in [-0.15, -0.1) is 0 Å². The predicted molar refractivity (Wildman–Crippen MR) is 77.1 cm³/mol. The van der Waals surface area contributed by atoms with Crippen LogP contribution >= 0.6 is 0 Å². The van der Waals surface area contributed by atoms with Crippen molar-refractivity contribution in [3.8, 4) is 0 Å². The summed E-state index contributed by atoms with van der Waals surface area (Å²) in [5.74, 6) is -2.76. The minimum absolute atomic E-state index is 0.00820. The van der Waals surface area contributed by atoms with Crippen molar-refractivity contribution in [3.05, 3.63) is 45.2 Å². The summed E-state index contributed by atoms with van der Waals surface area (Å²) in [6, 6.07) is 1.27. The number of nitrogens with zero attached hydrogens (tertiary/aromatic N) is 1. The summed E-state index contributed by atoms with van der Waals surface area (Å²) < 4.78 is 34.5. The van der Waals surface area contributed by atoms with Crippen molar-refractivity contribution in [1.82, 2.24) is 4.57 Å². The zero-order chi connectivity index (χ0) is 16.0. The molecule has 0 N–H and O–H groups in total. The van der Waals surface area contributed by atoms with Crippen LogP contribution in [0.15, 0.2) is 17.1 Å². The van der Waals surface area contributed by atoms with Crippen LogP contribution in [0, 0.1) is 18.6 Å². The van der Waals surface area contributed by atoms with Gasteiger partial charge in [0.1, 0.15) is 5.56 Å². The van der Waals surface area contributed by atoms with Gasteiger partial charge in [-0.1, -0.05) is 0 Å². The number of aromatic nitrogens is 1. The van der Waals surface area contributed by atoms with E-state index in [2.05, 4.69) is 0 Å². The quantitative estimate of drug-likeness (QED) is 0.819. The van der Waals surface area contributed by atoms with E-state index in [0.717, 1.165) is 12.8 Å². The van der Waals surface area contributed by atoms with Crippen LogP contribution in [0.25, 0.3) is 10.9 Å². The first kappa shape index (κ1) is 14.7. The van der Waals surface area contributed by atoms with Crippen molar-refractivity contribution in [2.24, 2.45) is 0 Å². The average molecular weight is 307 g/mol. The largest absolute Gasteiger partial charge is 0.462 e. The molecule has 0 aliphatic heterocycles. The molecule has 2 aromatic rings. The van der Waals surface area contributed by atoms with E-state index in [1.807, 2.05) is 0 Å². The third-order valence-electron chi connectivity index (χ3n) is 3.81. The molecule has 1 saturated carbocycles. The van der Waals surface area contributed by atoms with Gasteiger partial charge >= 0.3 is 5.97 Å². The number of hydrogen-bond donors (Lipinski definition) is 0. The maximum Gasteiger partial charge on any atom is 0.343 e. The molecular formula is C16H15F2NO3. The Kier molecular flexibility index (Phi) is 3.47. The van der Waals surface area contributed by atoms with Crippen LogP contribution in [0.1, 0.15) is 41.7 Å². The lowest BCUT2D eigenvalue weighted by Crippen LogP contribution is -2.21. The highest BCUT2D eigenvalue weighted by atomic mass is 19.2. The van der Waals surface area contributed by atoms with E-state index in [4.69, 9.17) is 4.74 Å². The molecule has 0 atom stereocenters. The monoisotopic (exact) mass is 307 g/mol. The van der Waals surface area contributed by atoms with Gasteiger partial charge in [0.25, 0.3) is 0 Å². The maximum absolute atomic E-state index is 14.3. The third kappa shape index (κ3) is 2.19. The van der Waals surface area contributed by atoms with Crippen LogP contribution in [0.5, 0.6) is 0 Å². The highest BCUT2D eigenvalue weighted by Gasteiger charge is 2.29. The number of halogens is 2. The second-order valence-electron chi connectivity index (χ2n) is 5.45. The van der Waals surface area contributed by atoms with Gasteiger partial charge in [0.05, 0.1) is 17.5 Å². The van der Waals surface area contributed by atoms with E-state index >= 15 is 0 Å². The molecule has 116 valence electrons. The van der Waals surface area contributed by atoms with E-state index in [1.165, 1.54) is 23.8 Å². The van der Waals surface area contributed by atoms with Gasteiger partial charge in [-0.3, -0.25) is 4.79 Å². The van der Waals surface area contributed by atoms with E-state index < -0.39 is 23.0 Å². The molecule has 6 heteroatoms. The predicted octanol–water partition coefficient (Wildman–Crippen LogP) is 3.10. The number of aryl methyl sites for hydroxylation is 1. The molecule has 1 aromatic carbocycles. The lowest BCUT2D eigenvalue weighted by Gasteiger charge is -2.14. The van der Waals surface area contributed by atoms with Crippen molar-refractivity contribution in [1.29, 1.82) is 0 Å². The first-order valence-corrected chi connectivity index (χ1v) is 7.16. The number of fused-ring (bicyclic) bond motifs is 1. The minimum atomic E-state index is -1.05. The van der Waals surface area contributed by atoms with E-state index in [1.54, 1.807) is 6.92 Å². The van der Waals surface area contributed by atoms with Crippen molar-refractivity contribution in [2.45, 2.75) is 32.7 Å². The number of esters is 1. The van der Waals surface area contributed by atoms with Crippen LogP contribution in [0.4, 0.5) is 8.78 Å². The summed E-state index contributed by atoms with van der Waals surface area (Å²) in [6.07, 6.45) is 2.89. The first-order valence-electron chi connectivity index (χ1n) is 7.16. The number of ether oxygens (including phenoxy) is 1. The molecule has 1 heterocycles. The second-order valence-corrected chi connectivity index (χ2v) is 5.45. The summed E-state index contributed by atoms with van der Waals surface area (Å²) in [7, 11) is 0. The van der Waals surface area contributed by atoms with Crippen LogP contribution in [0.3, 0.4) is 0 Å². The number of hydrogen-bond acceptors (Lipinski definition) is 3. The molecule has 4 nitrogen and oxygen atoms in total. The van der Waals surface area contributed by atoms with Gasteiger partial charge in [-0.05, 0) is 38.3 Å². The van der Waals surface area contributed by atoms with Crippen molar-refractivity contribution in [2.75, 3.05) is 6.61 Å². The molecule has 0 unspecified atom stereocenters. The maximum atomic E-state index is 14.3. The number of carbonyl (C=O) groups is 1. The molecular weight excluding hydrogens is 292 g/mol. The van der Waals surface area contributed by atoms with Crippen molar-refractivity contribution >= 4 is 16.9 Å². The average Bonchev–Trinajstić information content (AvgIpc) is 3.30. The van der Waals surface area contributed by atoms with E-state index in [-0.39, 0.29) is 34.7 Å². The lowest BCUT2D eigenvalue weighted by molar-refractivity contribution is 0.0524. The summed E-state index contributed by atoms with van der Waals surface area (Å²) in [6.45, 7) is 3.16. The number of rotatable bonds is 3. The van der Waals surface area contributed by atoms with Crippen LogP contribution in [-0.2, 0) is 4.74 Å². The van der Waals surface area contributed by atoms with Gasteiger partial charge in [0.15, 0.2) is 11.6 Å². The lowest BCUT2D eigenvalue weighted by atomic mass is 10.1. The molecule has 0 saturated heterocycles. The Morgan fingerprint density at radius 3 is 2.64 bits per heavy atom. The molecule has 0 spiro atoms.